The molecule has 0 aliphatic heterocycles. The predicted molar refractivity (Wildman–Crippen MR) is 390 cm³/mol. The summed E-state index contributed by atoms with van der Waals surface area (Å²) in [6, 6.07) is 0. The number of quaternary nitrogens is 1. The summed E-state index contributed by atoms with van der Waals surface area (Å²) in [4.78, 5) is 36.0. The van der Waals surface area contributed by atoms with Crippen LogP contribution in [0.1, 0.15) is 386 Å². The summed E-state index contributed by atoms with van der Waals surface area (Å²) in [5.41, 5.74) is 0. The van der Waals surface area contributed by atoms with Gasteiger partial charge in [-0.15, -0.1) is 0 Å². The first-order valence-electron chi connectivity index (χ1n) is 39.0. The average Bonchev–Trinajstić information content (AvgIpc) is 3.58. The first-order valence-corrected chi connectivity index (χ1v) is 40.5. The molecule has 0 amide bonds. The summed E-state index contributed by atoms with van der Waals surface area (Å²) in [6.07, 6.45) is 95.1. The Hall–Kier alpha value is -2.29. The quantitative estimate of drug-likeness (QED) is 0.0211. The third-order valence-corrected chi connectivity index (χ3v) is 18.5. The van der Waals surface area contributed by atoms with E-state index in [1.54, 1.807) is 0 Å². The number of ether oxygens (including phenoxy) is 2. The molecule has 0 aromatic rings. The van der Waals surface area contributed by atoms with Gasteiger partial charge >= 0.3 is 19.8 Å². The van der Waals surface area contributed by atoms with Crippen molar-refractivity contribution in [1.82, 2.24) is 0 Å². The van der Waals surface area contributed by atoms with Crippen LogP contribution < -0.4 is 0 Å². The second-order valence-corrected chi connectivity index (χ2v) is 29.2. The van der Waals surface area contributed by atoms with Gasteiger partial charge in [0.05, 0.1) is 27.7 Å². The van der Waals surface area contributed by atoms with Gasteiger partial charge in [-0.3, -0.25) is 18.6 Å². The van der Waals surface area contributed by atoms with E-state index in [9.17, 15) is 19.0 Å². The molecule has 528 valence electrons. The maximum absolute atomic E-state index is 12.9. The molecule has 0 saturated heterocycles. The van der Waals surface area contributed by atoms with Crippen molar-refractivity contribution in [2.75, 3.05) is 47.5 Å². The number of hydrogen-bond acceptors (Lipinski definition) is 7. The molecule has 10 heteroatoms. The van der Waals surface area contributed by atoms with Crippen molar-refractivity contribution in [2.24, 2.45) is 0 Å². The van der Waals surface area contributed by atoms with Crippen molar-refractivity contribution in [2.45, 2.75) is 392 Å². The summed E-state index contributed by atoms with van der Waals surface area (Å²) in [7, 11) is 1.50. The maximum atomic E-state index is 12.9. The molecule has 2 unspecified atom stereocenters. The molecule has 0 aliphatic carbocycles. The summed E-state index contributed by atoms with van der Waals surface area (Å²) in [6.45, 7) is 4.39. The van der Waals surface area contributed by atoms with E-state index in [-0.39, 0.29) is 25.6 Å². The lowest BCUT2D eigenvalue weighted by Gasteiger charge is -2.24. The summed E-state index contributed by atoms with van der Waals surface area (Å²) in [5.74, 6) is -0.775. The van der Waals surface area contributed by atoms with Crippen LogP contribution in [0.2, 0.25) is 0 Å². The largest absolute Gasteiger partial charge is 0.472 e. The molecule has 0 aromatic heterocycles. The summed E-state index contributed by atoms with van der Waals surface area (Å²) >= 11 is 0. The molecule has 0 spiro atoms. The molecule has 2 atom stereocenters. The van der Waals surface area contributed by atoms with Crippen LogP contribution in [-0.4, -0.2) is 74.9 Å². The molecule has 0 fully saturated rings. The fraction of sp³-hybridized carbons (Fsp3) is 0.850. The standard InChI is InChI=1S/C80H150NO8P/c1-6-8-10-12-14-16-18-20-22-24-26-28-30-32-34-35-36-37-38-39-40-41-42-43-44-45-47-49-51-53-55-57-59-61-63-65-67-69-71-73-80(83)89-78(77-88-90(84,85)87-75-74-81(3,4)5)76-86-79(82)72-70-68-66-64-62-60-58-56-54-52-50-48-46-33-31-29-27-25-23-21-19-17-15-13-11-9-7-2/h8,10,14,16,20,22,25-28,78H,6-7,9,11-13,15,17-19,21,23-24,29-77H2,1-5H3/p+1/b10-8-,16-14-,22-20-,27-25-,28-26-. The highest BCUT2D eigenvalue weighted by molar-refractivity contribution is 7.47. The Bertz CT molecular complexity index is 1700. The highest BCUT2D eigenvalue weighted by Gasteiger charge is 2.27. The molecule has 0 saturated carbocycles. The molecule has 1 N–H and O–H groups in total. The number of phosphoric acid groups is 1. The first kappa shape index (κ1) is 87.7. The van der Waals surface area contributed by atoms with Gasteiger partial charge in [0, 0.05) is 12.8 Å². The topological polar surface area (TPSA) is 108 Å². The highest BCUT2D eigenvalue weighted by Crippen LogP contribution is 2.43. The lowest BCUT2D eigenvalue weighted by atomic mass is 10.0. The van der Waals surface area contributed by atoms with E-state index in [1.807, 2.05) is 21.1 Å². The minimum atomic E-state index is -4.39. The van der Waals surface area contributed by atoms with Gasteiger partial charge in [0.1, 0.15) is 19.8 Å². The van der Waals surface area contributed by atoms with Crippen molar-refractivity contribution in [1.29, 1.82) is 0 Å². The normalized spacial score (nSPS) is 13.4. The summed E-state index contributed by atoms with van der Waals surface area (Å²) in [5, 5.41) is 0. The molecule has 0 radical (unpaired) electrons. The van der Waals surface area contributed by atoms with E-state index in [1.165, 1.54) is 295 Å². The van der Waals surface area contributed by atoms with Gasteiger partial charge in [-0.1, -0.05) is 357 Å². The molecule has 0 aromatic carbocycles. The zero-order valence-electron chi connectivity index (χ0n) is 60.4. The SMILES string of the molecule is CC/C=C\C/C=C\C/C=C\C/C=C\CCCCCCCCCCCCCCCCCCCCCCCCCCCCC(=O)OC(COC(=O)CCCCCCCCCCCCCCCCC/C=C\CCCCCCCCCC)COP(=O)(O)OCC[N+](C)(C)C. The van der Waals surface area contributed by atoms with Gasteiger partial charge in [0.25, 0.3) is 0 Å². The molecule has 0 aliphatic rings. The number of likely N-dealkylation sites (N-methyl/N-ethyl adjacent to an activating group) is 1. The Morgan fingerprint density at radius 3 is 0.956 bits per heavy atom. The van der Waals surface area contributed by atoms with Crippen LogP contribution in [0.4, 0.5) is 0 Å². The second-order valence-electron chi connectivity index (χ2n) is 27.7. The molecule has 0 rings (SSSR count). The van der Waals surface area contributed by atoms with Crippen LogP contribution >= 0.6 is 7.82 Å². The minimum Gasteiger partial charge on any atom is -0.462 e. The van der Waals surface area contributed by atoms with E-state index in [0.717, 1.165) is 57.8 Å². The molecular formula is C80H151NO8P+. The van der Waals surface area contributed by atoms with E-state index < -0.39 is 26.5 Å². The van der Waals surface area contributed by atoms with E-state index in [2.05, 4.69) is 74.6 Å². The smallest absolute Gasteiger partial charge is 0.462 e. The monoisotopic (exact) mass is 1290 g/mol. The Kier molecular flexibility index (Phi) is 69.2. The Labute approximate surface area is 559 Å². The highest BCUT2D eigenvalue weighted by atomic mass is 31.2. The molecule has 0 heterocycles. The van der Waals surface area contributed by atoms with Crippen LogP contribution in [0, 0.1) is 0 Å². The summed E-state index contributed by atoms with van der Waals surface area (Å²) < 4.78 is 34.8. The number of rotatable bonds is 73. The van der Waals surface area contributed by atoms with Gasteiger partial charge in [-0.2, -0.15) is 0 Å². The van der Waals surface area contributed by atoms with Gasteiger partial charge in [-0.25, -0.2) is 4.57 Å². The number of nitrogens with zero attached hydrogens (tertiary/aromatic N) is 1. The number of carbonyl (C=O) groups is 2. The lowest BCUT2D eigenvalue weighted by Crippen LogP contribution is -2.37. The van der Waals surface area contributed by atoms with Gasteiger partial charge in [0.15, 0.2) is 6.10 Å². The lowest BCUT2D eigenvalue weighted by molar-refractivity contribution is -0.870. The van der Waals surface area contributed by atoms with Gasteiger partial charge < -0.3 is 18.9 Å². The fourth-order valence-electron chi connectivity index (χ4n) is 11.6. The van der Waals surface area contributed by atoms with Crippen molar-refractivity contribution < 1.29 is 42.1 Å². The van der Waals surface area contributed by atoms with E-state index >= 15 is 0 Å². The third-order valence-electron chi connectivity index (χ3n) is 17.5. The second kappa shape index (κ2) is 71.0. The fourth-order valence-corrected chi connectivity index (χ4v) is 12.3. The van der Waals surface area contributed by atoms with Crippen LogP contribution in [0.3, 0.4) is 0 Å². The Morgan fingerprint density at radius 1 is 0.356 bits per heavy atom. The van der Waals surface area contributed by atoms with Gasteiger partial charge in [0.2, 0.25) is 0 Å². The number of allylic oxidation sites excluding steroid dienone is 10. The first-order chi connectivity index (χ1) is 44.0. The zero-order chi connectivity index (χ0) is 65.5. The van der Waals surface area contributed by atoms with E-state index in [4.69, 9.17) is 18.5 Å². The van der Waals surface area contributed by atoms with Crippen molar-refractivity contribution in [3.05, 3.63) is 60.8 Å². The number of hydrogen-bond donors (Lipinski definition) is 1. The van der Waals surface area contributed by atoms with Gasteiger partial charge in [-0.05, 0) is 77.0 Å². The molecule has 0 bridgehead atoms. The predicted octanol–water partition coefficient (Wildman–Crippen LogP) is 25.7. The van der Waals surface area contributed by atoms with Crippen molar-refractivity contribution >= 4 is 19.8 Å². The molecule has 90 heavy (non-hydrogen) atoms. The van der Waals surface area contributed by atoms with Crippen LogP contribution in [0.15, 0.2) is 60.8 Å². The van der Waals surface area contributed by atoms with Crippen molar-refractivity contribution in [3.8, 4) is 0 Å². The zero-order valence-corrected chi connectivity index (χ0v) is 61.3. The number of unbranched alkanes of at least 4 members (excludes halogenated alkanes) is 49. The van der Waals surface area contributed by atoms with Crippen LogP contribution in [0.25, 0.3) is 0 Å². The average molecular weight is 1290 g/mol. The van der Waals surface area contributed by atoms with Crippen LogP contribution in [0.5, 0.6) is 0 Å². The number of carbonyl (C=O) groups excluding carboxylic acids is 2. The molecular weight excluding hydrogens is 1130 g/mol. The Morgan fingerprint density at radius 2 is 0.633 bits per heavy atom. The maximum Gasteiger partial charge on any atom is 0.472 e. The number of phosphoric ester groups is 1. The Balaban J connectivity index is 3.91. The third kappa shape index (κ3) is 74.7. The minimum absolute atomic E-state index is 0.0342. The van der Waals surface area contributed by atoms with Crippen molar-refractivity contribution in [3.63, 3.8) is 0 Å². The molecule has 9 nitrogen and oxygen atoms in total. The van der Waals surface area contributed by atoms with Crippen LogP contribution in [-0.2, 0) is 32.7 Å². The number of esters is 2. The van der Waals surface area contributed by atoms with E-state index in [0.29, 0.717) is 23.9 Å².